The van der Waals surface area contributed by atoms with Crippen LogP contribution in [0.3, 0.4) is 0 Å². The van der Waals surface area contributed by atoms with Gasteiger partial charge in [-0.1, -0.05) is 25.1 Å². The third-order valence-electron chi connectivity index (χ3n) is 2.28. The molecule has 0 heterocycles. The van der Waals surface area contributed by atoms with E-state index in [1.165, 1.54) is 12.1 Å². The Bertz CT molecular complexity index is 384. The normalized spacial score (nSPS) is 12.5. The van der Waals surface area contributed by atoms with Crippen LogP contribution in [0.1, 0.15) is 19.8 Å². The first kappa shape index (κ1) is 14.9. The van der Waals surface area contributed by atoms with E-state index in [9.17, 15) is 13.6 Å². The van der Waals surface area contributed by atoms with E-state index >= 15 is 0 Å². The third kappa shape index (κ3) is 5.01. The second kappa shape index (κ2) is 7.33. The molecule has 0 saturated heterocycles. The quantitative estimate of drug-likeness (QED) is 0.784. The van der Waals surface area contributed by atoms with Gasteiger partial charge in [0.2, 0.25) is 5.91 Å². The summed E-state index contributed by atoms with van der Waals surface area (Å²) in [5.41, 5.74) is 6.22. The lowest BCUT2D eigenvalue weighted by Crippen LogP contribution is -2.35. The molecule has 0 aromatic heterocycles. The number of amides is 1. The molecule has 0 radical (unpaired) electrons. The Labute approximate surface area is 109 Å². The van der Waals surface area contributed by atoms with Crippen LogP contribution < -0.4 is 11.1 Å². The Morgan fingerprint density at radius 1 is 1.39 bits per heavy atom. The van der Waals surface area contributed by atoms with Gasteiger partial charge >= 0.3 is 0 Å². The molecule has 0 fully saturated rings. The molecule has 3 N–H and O–H groups in total. The Hall–Kier alpha value is -1.14. The summed E-state index contributed by atoms with van der Waals surface area (Å²) >= 11 is 0.470. The molecule has 100 valence electrons. The van der Waals surface area contributed by atoms with Crippen LogP contribution in [-0.4, -0.2) is 17.7 Å². The van der Waals surface area contributed by atoms with E-state index in [4.69, 9.17) is 5.73 Å². The van der Waals surface area contributed by atoms with Gasteiger partial charge in [0.25, 0.3) is 5.76 Å². The van der Waals surface area contributed by atoms with Crippen LogP contribution in [0, 0.1) is 0 Å². The summed E-state index contributed by atoms with van der Waals surface area (Å²) in [5.74, 6) is -2.70. The van der Waals surface area contributed by atoms with Crippen molar-refractivity contribution in [1.82, 2.24) is 0 Å². The fraction of sp³-hybridized carbons (Fsp3) is 0.417. The van der Waals surface area contributed by atoms with Gasteiger partial charge in [0.05, 0.1) is 6.04 Å². The summed E-state index contributed by atoms with van der Waals surface area (Å²) in [6, 6.07) is 5.71. The van der Waals surface area contributed by atoms with Gasteiger partial charge in [0.15, 0.2) is 0 Å². The van der Waals surface area contributed by atoms with E-state index in [1.807, 2.05) is 6.92 Å². The van der Waals surface area contributed by atoms with Crippen LogP contribution in [0.2, 0.25) is 0 Å². The van der Waals surface area contributed by atoms with Gasteiger partial charge in [0.1, 0.15) is 0 Å². The number of alkyl halides is 2. The zero-order valence-electron chi connectivity index (χ0n) is 10.0. The molecule has 1 aromatic carbocycles. The van der Waals surface area contributed by atoms with Crippen molar-refractivity contribution in [3.8, 4) is 0 Å². The highest BCUT2D eigenvalue weighted by atomic mass is 32.2. The second-order valence-corrected chi connectivity index (χ2v) is 4.85. The van der Waals surface area contributed by atoms with Crippen molar-refractivity contribution in [2.24, 2.45) is 5.73 Å². The first-order valence-electron chi connectivity index (χ1n) is 5.64. The Kier molecular flexibility index (Phi) is 6.07. The zero-order valence-corrected chi connectivity index (χ0v) is 10.8. The van der Waals surface area contributed by atoms with E-state index in [0.717, 1.165) is 6.42 Å². The van der Waals surface area contributed by atoms with E-state index < -0.39 is 11.8 Å². The number of hydrogen-bond acceptors (Lipinski definition) is 3. The van der Waals surface area contributed by atoms with Crippen molar-refractivity contribution in [1.29, 1.82) is 0 Å². The third-order valence-corrected chi connectivity index (χ3v) is 3.01. The number of nitrogens with two attached hydrogens (primary N) is 1. The molecule has 6 heteroatoms. The van der Waals surface area contributed by atoms with Gasteiger partial charge in [-0.25, -0.2) is 0 Å². The molecular weight excluding hydrogens is 258 g/mol. The number of benzene rings is 1. The van der Waals surface area contributed by atoms with Crippen molar-refractivity contribution in [3.63, 3.8) is 0 Å². The van der Waals surface area contributed by atoms with Gasteiger partial charge in [-0.2, -0.15) is 8.78 Å². The minimum Gasteiger partial charge on any atom is -0.325 e. The van der Waals surface area contributed by atoms with Crippen molar-refractivity contribution in [3.05, 3.63) is 24.3 Å². The minimum atomic E-state index is -2.44. The Morgan fingerprint density at radius 2 is 2.00 bits per heavy atom. The zero-order chi connectivity index (χ0) is 13.5. The molecule has 1 amide bonds. The number of carbonyl (C=O) groups is 1. The lowest BCUT2D eigenvalue weighted by atomic mass is 10.1. The van der Waals surface area contributed by atoms with Gasteiger partial charge in [-0.3, -0.25) is 4.79 Å². The average molecular weight is 274 g/mol. The van der Waals surface area contributed by atoms with Crippen molar-refractivity contribution in [2.75, 3.05) is 5.32 Å². The highest BCUT2D eigenvalue weighted by Gasteiger charge is 2.12. The summed E-state index contributed by atoms with van der Waals surface area (Å²) in [7, 11) is 0. The monoisotopic (exact) mass is 274 g/mol. The van der Waals surface area contributed by atoms with Crippen LogP contribution in [0.5, 0.6) is 0 Å². The predicted molar refractivity (Wildman–Crippen MR) is 69.8 cm³/mol. The van der Waals surface area contributed by atoms with Gasteiger partial charge in [-0.15, -0.1) is 0 Å². The summed E-state index contributed by atoms with van der Waals surface area (Å²) in [4.78, 5) is 12.1. The van der Waals surface area contributed by atoms with Crippen LogP contribution in [0.15, 0.2) is 29.2 Å². The van der Waals surface area contributed by atoms with Crippen LogP contribution in [-0.2, 0) is 4.79 Å². The van der Waals surface area contributed by atoms with Crippen LogP contribution in [0.4, 0.5) is 14.5 Å². The van der Waals surface area contributed by atoms with Gasteiger partial charge in [0, 0.05) is 10.6 Å². The maximum absolute atomic E-state index is 12.1. The van der Waals surface area contributed by atoms with Crippen molar-refractivity contribution >= 4 is 23.4 Å². The number of carbonyl (C=O) groups excluding carboxylic acids is 1. The van der Waals surface area contributed by atoms with E-state index in [1.54, 1.807) is 12.1 Å². The molecule has 3 nitrogen and oxygen atoms in total. The highest BCUT2D eigenvalue weighted by Crippen LogP contribution is 2.26. The second-order valence-electron chi connectivity index (χ2n) is 3.79. The number of halogens is 2. The molecule has 1 rings (SSSR count). The van der Waals surface area contributed by atoms with Gasteiger partial charge in [-0.05, 0) is 30.7 Å². The van der Waals surface area contributed by atoms with E-state index in [2.05, 4.69) is 5.32 Å². The molecule has 18 heavy (non-hydrogen) atoms. The molecule has 0 aliphatic heterocycles. The number of hydrogen-bond donors (Lipinski definition) is 2. The van der Waals surface area contributed by atoms with E-state index in [0.29, 0.717) is 28.8 Å². The van der Waals surface area contributed by atoms with Crippen molar-refractivity contribution < 1.29 is 13.6 Å². The lowest BCUT2D eigenvalue weighted by Gasteiger charge is -2.11. The predicted octanol–water partition coefficient (Wildman–Crippen LogP) is 3.07. The summed E-state index contributed by atoms with van der Waals surface area (Å²) < 4.78 is 24.2. The minimum absolute atomic E-state index is 0.258. The Balaban J connectivity index is 2.55. The summed E-state index contributed by atoms with van der Waals surface area (Å²) in [6.07, 6.45) is 1.45. The topological polar surface area (TPSA) is 55.1 Å². The maximum Gasteiger partial charge on any atom is 0.288 e. The average Bonchev–Trinajstić information content (AvgIpc) is 2.31. The largest absolute Gasteiger partial charge is 0.325 e. The van der Waals surface area contributed by atoms with Crippen molar-refractivity contribution in [2.45, 2.75) is 36.5 Å². The first-order valence-corrected chi connectivity index (χ1v) is 6.52. The number of rotatable bonds is 6. The fourth-order valence-corrected chi connectivity index (χ4v) is 1.90. The molecule has 0 aliphatic rings. The molecule has 0 aliphatic carbocycles. The summed E-state index contributed by atoms with van der Waals surface area (Å²) in [6.45, 7) is 1.95. The highest BCUT2D eigenvalue weighted by molar-refractivity contribution is 7.99. The fourth-order valence-electron chi connectivity index (χ4n) is 1.40. The molecule has 0 bridgehead atoms. The number of nitrogens with one attached hydrogen (secondary N) is 1. The Morgan fingerprint density at radius 3 is 2.50 bits per heavy atom. The lowest BCUT2D eigenvalue weighted by molar-refractivity contribution is -0.117. The maximum atomic E-state index is 12.1. The van der Waals surface area contributed by atoms with Crippen LogP contribution in [0.25, 0.3) is 0 Å². The van der Waals surface area contributed by atoms with Crippen LogP contribution >= 0.6 is 11.8 Å². The molecule has 0 saturated carbocycles. The smallest absolute Gasteiger partial charge is 0.288 e. The molecule has 0 spiro atoms. The van der Waals surface area contributed by atoms with Gasteiger partial charge < -0.3 is 11.1 Å². The van der Waals surface area contributed by atoms with E-state index in [-0.39, 0.29) is 5.91 Å². The molecule has 1 atom stereocenters. The first-order chi connectivity index (χ1) is 8.52. The summed E-state index contributed by atoms with van der Waals surface area (Å²) in [5, 5.41) is 2.65. The number of thioether (sulfide) groups is 1. The molecule has 0 unspecified atom stereocenters. The SMILES string of the molecule is CCC[C@H](N)C(=O)Nc1ccc(SC(F)F)cc1. The molecule has 1 aromatic rings. The molecular formula is C12H16F2N2OS. The standard InChI is InChI=1S/C12H16F2N2OS/c1-2-3-10(15)11(17)16-8-4-6-9(7-5-8)18-12(13)14/h4-7,10,12H,2-3,15H2,1H3,(H,16,17)/t10-/m0/s1. The number of anilines is 1.